The van der Waals surface area contributed by atoms with E-state index < -0.39 is 0 Å². The molecule has 0 aliphatic carbocycles. The van der Waals surface area contributed by atoms with Gasteiger partial charge < -0.3 is 26.7 Å². The fourth-order valence-electron chi connectivity index (χ4n) is 24.4. The van der Waals surface area contributed by atoms with Gasteiger partial charge in [-0.2, -0.15) is 0 Å². The monoisotopic (exact) mass is 1890 g/mol. The predicted octanol–water partition coefficient (Wildman–Crippen LogP) is 38.7. The number of hydrogen-bond donors (Lipinski definition) is 0. The number of fused-ring (bicyclic) bond motifs is 30. The molecule has 0 N–H and O–H groups in total. The average molecular weight is 1890 g/mol. The highest BCUT2D eigenvalue weighted by molar-refractivity contribution is 6.29. The predicted molar refractivity (Wildman–Crippen MR) is 630 cm³/mol. The fraction of sp³-hybridized carbons (Fsp3) is 0.0282. The highest BCUT2D eigenvalue weighted by atomic mass is 16.5. The minimum atomic E-state index is 0.561. The van der Waals surface area contributed by atoms with E-state index in [0.717, 1.165) is 5.75 Å². The van der Waals surface area contributed by atoms with Crippen molar-refractivity contribution in [1.29, 1.82) is 0 Å². The zero-order valence-electron chi connectivity index (χ0n) is 81.8. The number of hydrogen-bond acceptors (Lipinski definition) is 1. The normalized spacial score (nSPS) is 11.9. The maximum atomic E-state index is 5.39. The van der Waals surface area contributed by atoms with E-state index in [1.165, 1.54) is 285 Å². The van der Waals surface area contributed by atoms with E-state index in [2.05, 4.69) is 545 Å². The van der Waals surface area contributed by atoms with Crippen LogP contribution in [0.5, 0.6) is 5.75 Å². The lowest BCUT2D eigenvalue weighted by Crippen LogP contribution is -1.87. The summed E-state index contributed by atoms with van der Waals surface area (Å²) in [6, 6.07) is 187. The van der Waals surface area contributed by atoms with Crippen LogP contribution in [0.1, 0.15) is 25.3 Å². The lowest BCUT2D eigenvalue weighted by molar-refractivity contribution is 0.415. The van der Waals surface area contributed by atoms with Gasteiger partial charge in [-0.05, 0) is 222 Å². The van der Waals surface area contributed by atoms with Crippen molar-refractivity contribution < 1.29 is 4.74 Å². The van der Waals surface area contributed by atoms with Crippen LogP contribution in [0.25, 0.3) is 279 Å². The van der Waals surface area contributed by atoms with Crippen LogP contribution in [0.4, 0.5) is 0 Å². The molecule has 33 rings (SSSR count). The molecule has 0 saturated heterocycles. The van der Waals surface area contributed by atoms with E-state index in [1.807, 2.05) is 6.07 Å². The Bertz CT molecular complexity index is 10900. The number of methoxy groups -OCH3 is 1. The fourth-order valence-corrected chi connectivity index (χ4v) is 24.4. The Labute approximate surface area is 853 Å². The quantitative estimate of drug-likeness (QED) is 0.134. The second-order valence-corrected chi connectivity index (χ2v) is 39.8. The molecule has 0 fully saturated rings. The Balaban J connectivity index is 0.0000000880. The van der Waals surface area contributed by atoms with Crippen LogP contribution >= 0.6 is 0 Å². The van der Waals surface area contributed by atoms with Crippen molar-refractivity contribution in [2.75, 3.05) is 7.11 Å². The first kappa shape index (κ1) is 85.6. The molecule has 0 radical (unpaired) electrons. The summed E-state index contributed by atoms with van der Waals surface area (Å²) in [7, 11) is 1.72. The van der Waals surface area contributed by atoms with Crippen molar-refractivity contribution in [3.8, 4) is 94.8 Å². The molecule has 0 aliphatic heterocycles. The van der Waals surface area contributed by atoms with Gasteiger partial charge in [0.1, 0.15) is 5.75 Å². The van der Waals surface area contributed by atoms with E-state index in [-0.39, 0.29) is 0 Å². The van der Waals surface area contributed by atoms with Gasteiger partial charge in [0.15, 0.2) is 0 Å². The van der Waals surface area contributed by atoms with E-state index in [4.69, 9.17) is 4.74 Å². The Morgan fingerprint density at radius 1 is 0.135 bits per heavy atom. The molecule has 23 aromatic carbocycles. The third-order valence-corrected chi connectivity index (χ3v) is 31.3. The van der Waals surface area contributed by atoms with E-state index in [9.17, 15) is 0 Å². The smallest absolute Gasteiger partial charge is 0.119 e. The van der Waals surface area contributed by atoms with Crippen LogP contribution in [-0.2, 0) is 0 Å². The molecule has 0 bridgehead atoms. The number of nitrogens with zero attached hydrogens (tertiary/aromatic N) is 5. The average Bonchev–Trinajstić information content (AvgIpc) is 1.56. The molecule has 0 atom stereocenters. The SMILES string of the molecule is CC(C)c1ccc(-c2ccc3c(c2)c2cccc4c5ccccc5n3c42)cc1.COc1ccc2c(c1)c1cccc3c4ccccc4n2c31.c1ccc(-c2cc(-c3ccccc3)cc(-c3ccc4c(c3)c3cccc5c6ccccc6n4c53)c2)cc1.c1ccc(-c2ccc(-c3ccc4c(c3)c3cccc5c6ccccc6n4c53)cc2)cc1.c1ccc(-c2cccc(-c3ccc4c(c3)c3cccc5c6ccccc6n4c53)c2)cc1. The molecule has 0 spiro atoms. The molecule has 10 aromatic heterocycles. The lowest BCUT2D eigenvalue weighted by Gasteiger charge is -2.12. The highest BCUT2D eigenvalue weighted by Gasteiger charge is 2.26. The van der Waals surface area contributed by atoms with Gasteiger partial charge in [-0.25, -0.2) is 0 Å². The summed E-state index contributed by atoms with van der Waals surface area (Å²) in [5, 5.41) is 26.4. The molecular formula is C142H95N5O. The van der Waals surface area contributed by atoms with Crippen molar-refractivity contribution in [2.24, 2.45) is 0 Å². The number of ether oxygens (including phenoxy) is 1. The van der Waals surface area contributed by atoms with Gasteiger partial charge in [0.2, 0.25) is 0 Å². The Hall–Kier alpha value is -19.1. The van der Waals surface area contributed by atoms with Gasteiger partial charge >= 0.3 is 0 Å². The van der Waals surface area contributed by atoms with E-state index >= 15 is 0 Å². The first-order valence-corrected chi connectivity index (χ1v) is 51.3. The molecule has 0 saturated carbocycles. The molecule has 6 nitrogen and oxygen atoms in total. The van der Waals surface area contributed by atoms with E-state index in [1.54, 1.807) is 7.11 Å². The van der Waals surface area contributed by atoms with Crippen molar-refractivity contribution in [1.82, 2.24) is 22.0 Å². The second kappa shape index (κ2) is 34.6. The molecule has 6 heteroatoms. The molecule has 0 amide bonds. The van der Waals surface area contributed by atoms with E-state index in [0.29, 0.717) is 5.92 Å². The minimum Gasteiger partial charge on any atom is -0.497 e. The van der Waals surface area contributed by atoms with Crippen molar-refractivity contribution >= 4 is 190 Å². The summed E-state index contributed by atoms with van der Waals surface area (Å²) < 4.78 is 17.5. The lowest BCUT2D eigenvalue weighted by atomic mass is 9.93. The summed E-state index contributed by atoms with van der Waals surface area (Å²) in [6.45, 7) is 4.48. The van der Waals surface area contributed by atoms with Gasteiger partial charge in [0, 0.05) is 108 Å². The molecule has 694 valence electrons. The molecule has 10 heterocycles. The maximum absolute atomic E-state index is 5.39. The first-order valence-electron chi connectivity index (χ1n) is 51.3. The Morgan fingerprint density at radius 3 is 0.615 bits per heavy atom. The maximum Gasteiger partial charge on any atom is 0.119 e. The van der Waals surface area contributed by atoms with Crippen LogP contribution in [0.2, 0.25) is 0 Å². The highest BCUT2D eigenvalue weighted by Crippen LogP contribution is 2.49. The van der Waals surface area contributed by atoms with Gasteiger partial charge in [0.25, 0.3) is 0 Å². The first-order chi connectivity index (χ1) is 73.2. The van der Waals surface area contributed by atoms with Gasteiger partial charge in [-0.15, -0.1) is 0 Å². The summed E-state index contributed by atoms with van der Waals surface area (Å²) in [5.41, 5.74) is 40.7. The van der Waals surface area contributed by atoms with Crippen molar-refractivity contribution in [3.05, 3.63) is 521 Å². The molecule has 148 heavy (non-hydrogen) atoms. The third kappa shape index (κ3) is 13.7. The van der Waals surface area contributed by atoms with Crippen LogP contribution in [-0.4, -0.2) is 29.1 Å². The molecule has 0 unspecified atom stereocenters. The minimum absolute atomic E-state index is 0.561. The van der Waals surface area contributed by atoms with Crippen LogP contribution in [0.15, 0.2) is 516 Å². The summed E-state index contributed by atoms with van der Waals surface area (Å²) in [6.07, 6.45) is 0. The van der Waals surface area contributed by atoms with Gasteiger partial charge in [0.05, 0.1) is 89.9 Å². The number of benzene rings is 23. The topological polar surface area (TPSA) is 31.3 Å². The zero-order valence-corrected chi connectivity index (χ0v) is 81.8. The molecule has 0 aliphatic rings. The number of aromatic nitrogens is 5. The summed E-state index contributed by atoms with van der Waals surface area (Å²) >= 11 is 0. The van der Waals surface area contributed by atoms with Crippen molar-refractivity contribution in [3.63, 3.8) is 0 Å². The van der Waals surface area contributed by atoms with Gasteiger partial charge in [-0.3, -0.25) is 0 Å². The summed E-state index contributed by atoms with van der Waals surface area (Å²) in [5.74, 6) is 1.46. The Kier molecular flexibility index (Phi) is 20.0. The van der Waals surface area contributed by atoms with Crippen LogP contribution in [0.3, 0.4) is 0 Å². The number of para-hydroxylation sites is 10. The molecule has 33 aromatic rings. The number of rotatable bonds is 10. The largest absolute Gasteiger partial charge is 0.497 e. The molecular weight excluding hydrogens is 1790 g/mol. The summed E-state index contributed by atoms with van der Waals surface area (Å²) in [4.78, 5) is 0. The van der Waals surface area contributed by atoms with Crippen LogP contribution in [0, 0.1) is 0 Å². The third-order valence-electron chi connectivity index (χ3n) is 31.3. The standard InChI is InChI=1S/C36H23N.2C30H19N.C27H21N.C19H13NO/c1-3-10-24(11-4-1)27-20-28(25-12-5-2-6-13-25)22-29(21-27)26-18-19-35-33(23-26)32-16-9-15-31-30-14-7-8-17-34(30)37(35)36(31)32;1-2-8-20(9-3-1)21-10-6-11-22(18-21)23-16-17-29-27(19-23)26-14-7-13-25-24-12-4-5-15-28(24)31(29)30(25)26;1-2-7-20(8-3-1)21-13-15-22(16-14-21)23-17-18-29-27(19-23)26-11-6-10-25-24-9-4-5-12-28(24)31(29)30(25)26;1-17(2)18-10-12-19(13-11-18)20-14-15-26-24(16-20)23-8-5-7-22-21-6-3-4-9-25(21)28(26)27(22)23;1-21-12-9-10-18-16(11-12)15-7-4-6-14-13-5-2-3-8-17(13)20(18)19(14)15/h1-23H;2*1-19H;3-17H,1-2H3;2-11H,1H3. The second-order valence-electron chi connectivity index (χ2n) is 39.8. The van der Waals surface area contributed by atoms with Gasteiger partial charge in [-0.1, -0.05) is 408 Å². The zero-order chi connectivity index (χ0) is 97.9. The van der Waals surface area contributed by atoms with Crippen LogP contribution < -0.4 is 4.74 Å². The van der Waals surface area contributed by atoms with Crippen molar-refractivity contribution in [2.45, 2.75) is 19.8 Å². The Morgan fingerprint density at radius 2 is 0.311 bits per heavy atom.